The van der Waals surface area contributed by atoms with Crippen molar-refractivity contribution in [1.82, 2.24) is 0 Å². The van der Waals surface area contributed by atoms with E-state index in [1.165, 1.54) is 29.5 Å². The molecule has 0 aliphatic heterocycles. The molecule has 1 aromatic heterocycles. The van der Waals surface area contributed by atoms with Gasteiger partial charge in [0.2, 0.25) is 0 Å². The number of aromatic carboxylic acids is 1. The second-order valence-electron chi connectivity index (χ2n) is 3.30. The molecular weight excluding hydrogens is 242 g/mol. The van der Waals surface area contributed by atoms with E-state index >= 15 is 0 Å². The van der Waals surface area contributed by atoms with Crippen molar-refractivity contribution >= 4 is 23.0 Å². The van der Waals surface area contributed by atoms with Gasteiger partial charge in [0.1, 0.15) is 0 Å². The van der Waals surface area contributed by atoms with Crippen molar-refractivity contribution in [3.63, 3.8) is 0 Å². The molecule has 0 atom stereocenters. The van der Waals surface area contributed by atoms with E-state index in [1.807, 2.05) is 0 Å². The average molecular weight is 249 g/mol. The van der Waals surface area contributed by atoms with Gasteiger partial charge in [-0.1, -0.05) is 0 Å². The Bertz CT molecular complexity index is 577. The first kappa shape index (κ1) is 11.3. The number of thiophene rings is 1. The summed E-state index contributed by atoms with van der Waals surface area (Å²) in [5.74, 6) is -1.10. The molecule has 0 aliphatic carbocycles. The molecule has 0 fully saturated rings. The van der Waals surface area contributed by atoms with Gasteiger partial charge in [-0.05, 0) is 28.5 Å². The van der Waals surface area contributed by atoms with Gasteiger partial charge in [0, 0.05) is 17.7 Å². The van der Waals surface area contributed by atoms with E-state index in [-0.39, 0.29) is 11.3 Å². The summed E-state index contributed by atoms with van der Waals surface area (Å²) >= 11 is 1.41. The number of carboxylic acid groups (broad SMARTS) is 1. The van der Waals surface area contributed by atoms with Crippen molar-refractivity contribution in [2.45, 2.75) is 0 Å². The Morgan fingerprint density at radius 3 is 2.65 bits per heavy atom. The molecule has 0 radical (unpaired) electrons. The molecule has 0 saturated heterocycles. The fourth-order valence-corrected chi connectivity index (χ4v) is 2.14. The molecule has 1 aromatic carbocycles. The number of nitro groups is 1. The molecule has 0 bridgehead atoms. The first-order chi connectivity index (χ1) is 8.09. The Hall–Kier alpha value is -2.21. The minimum atomic E-state index is -1.10. The van der Waals surface area contributed by atoms with Crippen LogP contribution in [-0.2, 0) is 0 Å². The summed E-state index contributed by atoms with van der Waals surface area (Å²) in [5, 5.41) is 23.2. The van der Waals surface area contributed by atoms with Crippen LogP contribution in [-0.4, -0.2) is 16.0 Å². The van der Waals surface area contributed by atoms with Gasteiger partial charge in [0.25, 0.3) is 5.69 Å². The second kappa shape index (κ2) is 4.34. The molecule has 2 aromatic rings. The Morgan fingerprint density at radius 2 is 2.12 bits per heavy atom. The van der Waals surface area contributed by atoms with Crippen LogP contribution in [0, 0.1) is 10.1 Å². The van der Waals surface area contributed by atoms with Gasteiger partial charge >= 0.3 is 5.97 Å². The van der Waals surface area contributed by atoms with E-state index < -0.39 is 10.9 Å². The van der Waals surface area contributed by atoms with Gasteiger partial charge in [-0.25, -0.2) is 4.79 Å². The van der Waals surface area contributed by atoms with Crippen LogP contribution in [0.4, 0.5) is 5.69 Å². The van der Waals surface area contributed by atoms with Crippen molar-refractivity contribution in [2.75, 3.05) is 0 Å². The number of carboxylic acids is 1. The van der Waals surface area contributed by atoms with Gasteiger partial charge in [0.05, 0.1) is 10.5 Å². The van der Waals surface area contributed by atoms with Crippen LogP contribution < -0.4 is 0 Å². The predicted molar refractivity (Wildman–Crippen MR) is 63.4 cm³/mol. The number of non-ortho nitro benzene ring substituents is 1. The maximum Gasteiger partial charge on any atom is 0.336 e. The van der Waals surface area contributed by atoms with Crippen molar-refractivity contribution in [1.29, 1.82) is 0 Å². The number of carbonyl (C=O) groups is 1. The number of rotatable bonds is 3. The maximum atomic E-state index is 11.0. The number of nitro benzene ring substituents is 1. The predicted octanol–water partition coefficient (Wildman–Crippen LogP) is 3.02. The van der Waals surface area contributed by atoms with Crippen LogP contribution in [0.15, 0.2) is 35.0 Å². The standard InChI is InChI=1S/C11H7NO4S/c13-11(14)9-2-1-8(12(15)16)5-10(9)7-3-4-17-6-7/h1-6H,(H,13,14). The van der Waals surface area contributed by atoms with Crippen molar-refractivity contribution in [3.8, 4) is 11.1 Å². The molecule has 0 unspecified atom stereocenters. The van der Waals surface area contributed by atoms with E-state index in [1.54, 1.807) is 16.8 Å². The molecule has 5 nitrogen and oxygen atoms in total. The van der Waals surface area contributed by atoms with Crippen molar-refractivity contribution in [2.24, 2.45) is 0 Å². The molecular formula is C11H7NO4S. The van der Waals surface area contributed by atoms with Crippen molar-refractivity contribution in [3.05, 3.63) is 50.7 Å². The smallest absolute Gasteiger partial charge is 0.336 e. The lowest BCUT2D eigenvalue weighted by Gasteiger charge is -2.03. The molecule has 17 heavy (non-hydrogen) atoms. The van der Waals surface area contributed by atoms with Crippen LogP contribution in [0.25, 0.3) is 11.1 Å². The van der Waals surface area contributed by atoms with Gasteiger partial charge < -0.3 is 5.11 Å². The van der Waals surface area contributed by atoms with Crippen LogP contribution in [0.5, 0.6) is 0 Å². The van der Waals surface area contributed by atoms with E-state index in [9.17, 15) is 14.9 Å². The van der Waals surface area contributed by atoms with Gasteiger partial charge in [-0.15, -0.1) is 0 Å². The molecule has 1 N–H and O–H groups in total. The lowest BCUT2D eigenvalue weighted by molar-refractivity contribution is -0.384. The number of nitrogens with zero attached hydrogens (tertiary/aromatic N) is 1. The van der Waals surface area contributed by atoms with Gasteiger partial charge in [0.15, 0.2) is 0 Å². The number of hydrogen-bond donors (Lipinski definition) is 1. The molecule has 0 aliphatic rings. The monoisotopic (exact) mass is 249 g/mol. The minimum Gasteiger partial charge on any atom is -0.478 e. The topological polar surface area (TPSA) is 80.4 Å². The molecule has 0 saturated carbocycles. The average Bonchev–Trinajstić information content (AvgIpc) is 2.81. The zero-order valence-corrected chi connectivity index (χ0v) is 9.31. The lowest BCUT2D eigenvalue weighted by Crippen LogP contribution is -2.00. The van der Waals surface area contributed by atoms with E-state index in [4.69, 9.17) is 5.11 Å². The summed E-state index contributed by atoms with van der Waals surface area (Å²) in [5.41, 5.74) is 0.995. The quantitative estimate of drug-likeness (QED) is 0.669. The normalized spacial score (nSPS) is 10.1. The fourth-order valence-electron chi connectivity index (χ4n) is 1.49. The highest BCUT2D eigenvalue weighted by atomic mass is 32.1. The summed E-state index contributed by atoms with van der Waals surface area (Å²) < 4.78 is 0. The van der Waals surface area contributed by atoms with Crippen LogP contribution in [0.2, 0.25) is 0 Å². The summed E-state index contributed by atoms with van der Waals surface area (Å²) in [7, 11) is 0. The summed E-state index contributed by atoms with van der Waals surface area (Å²) in [6, 6.07) is 5.47. The third-order valence-corrected chi connectivity index (χ3v) is 2.96. The SMILES string of the molecule is O=C(O)c1ccc([N+](=O)[O-])cc1-c1ccsc1. The highest BCUT2D eigenvalue weighted by molar-refractivity contribution is 7.08. The molecule has 1 heterocycles. The third-order valence-electron chi connectivity index (χ3n) is 2.28. The Labute approximate surface area is 100 Å². The maximum absolute atomic E-state index is 11.0. The van der Waals surface area contributed by atoms with Gasteiger partial charge in [-0.2, -0.15) is 11.3 Å². The fraction of sp³-hybridized carbons (Fsp3) is 0. The molecule has 2 rings (SSSR count). The molecule has 0 spiro atoms. The molecule has 86 valence electrons. The van der Waals surface area contributed by atoms with Crippen LogP contribution in [0.3, 0.4) is 0 Å². The van der Waals surface area contributed by atoms with E-state index in [0.717, 1.165) is 0 Å². The summed E-state index contributed by atoms with van der Waals surface area (Å²) in [6.07, 6.45) is 0. The molecule has 6 heteroatoms. The number of benzene rings is 1. The zero-order chi connectivity index (χ0) is 12.4. The second-order valence-corrected chi connectivity index (χ2v) is 4.08. The Morgan fingerprint density at radius 1 is 1.35 bits per heavy atom. The highest BCUT2D eigenvalue weighted by Crippen LogP contribution is 2.29. The first-order valence-corrected chi connectivity index (χ1v) is 5.58. The highest BCUT2D eigenvalue weighted by Gasteiger charge is 2.16. The third kappa shape index (κ3) is 2.16. The lowest BCUT2D eigenvalue weighted by atomic mass is 10.0. The first-order valence-electron chi connectivity index (χ1n) is 4.64. The van der Waals surface area contributed by atoms with Gasteiger partial charge in [-0.3, -0.25) is 10.1 Å². The largest absolute Gasteiger partial charge is 0.478 e. The van der Waals surface area contributed by atoms with Crippen LogP contribution in [0.1, 0.15) is 10.4 Å². The van der Waals surface area contributed by atoms with Crippen molar-refractivity contribution < 1.29 is 14.8 Å². The van der Waals surface area contributed by atoms with E-state index in [0.29, 0.717) is 11.1 Å². The minimum absolute atomic E-state index is 0.0639. The number of hydrogen-bond acceptors (Lipinski definition) is 4. The summed E-state index contributed by atoms with van der Waals surface area (Å²) in [6.45, 7) is 0. The Balaban J connectivity index is 2.64. The van der Waals surface area contributed by atoms with E-state index in [2.05, 4.69) is 0 Å². The molecule has 0 amide bonds. The van der Waals surface area contributed by atoms with Crippen LogP contribution >= 0.6 is 11.3 Å². The summed E-state index contributed by atoms with van der Waals surface area (Å²) in [4.78, 5) is 21.2. The Kier molecular flexibility index (Phi) is 2.88. The zero-order valence-electron chi connectivity index (χ0n) is 8.49.